The highest BCUT2D eigenvalue weighted by atomic mass is 16.3. The van der Waals surface area contributed by atoms with Crippen LogP contribution < -0.4 is 5.32 Å². The van der Waals surface area contributed by atoms with Crippen LogP contribution in [0.1, 0.15) is 58.3 Å². The maximum Gasteiger partial charge on any atom is 0.237 e. The summed E-state index contributed by atoms with van der Waals surface area (Å²) in [7, 11) is 0. The van der Waals surface area contributed by atoms with Crippen molar-refractivity contribution in [3.63, 3.8) is 0 Å². The van der Waals surface area contributed by atoms with Crippen molar-refractivity contribution in [1.82, 2.24) is 10.2 Å². The summed E-state index contributed by atoms with van der Waals surface area (Å²) in [5, 5.41) is 21.1. The van der Waals surface area contributed by atoms with E-state index in [1.54, 1.807) is 0 Å². The van der Waals surface area contributed by atoms with Crippen LogP contribution in [0.25, 0.3) is 0 Å². The molecular formula is C17H32N2O3. The van der Waals surface area contributed by atoms with Crippen molar-refractivity contribution >= 4 is 5.91 Å². The van der Waals surface area contributed by atoms with E-state index < -0.39 is 6.10 Å². The van der Waals surface area contributed by atoms with Crippen LogP contribution in [-0.4, -0.2) is 58.9 Å². The smallest absolute Gasteiger partial charge is 0.237 e. The standard InChI is InChI=1S/C17H32N2O3/c1-13(14-6-3-2-4-7-14)19-11-5-8-16(19)17(22)18-10-9-15(21)12-20/h13-16,20-21H,2-12H2,1H3,(H,18,22)/t13?,15-,16?/m0/s1. The Morgan fingerprint density at radius 1 is 1.23 bits per heavy atom. The number of carbonyl (C=O) groups excluding carboxylic acids is 1. The van der Waals surface area contributed by atoms with Crippen LogP contribution in [0.5, 0.6) is 0 Å². The molecule has 22 heavy (non-hydrogen) atoms. The Bertz CT molecular complexity index is 345. The number of aliphatic hydroxyl groups excluding tert-OH is 2. The van der Waals surface area contributed by atoms with E-state index in [0.29, 0.717) is 19.0 Å². The summed E-state index contributed by atoms with van der Waals surface area (Å²) in [4.78, 5) is 14.8. The molecule has 0 aromatic carbocycles. The molecule has 2 fully saturated rings. The number of amides is 1. The summed E-state index contributed by atoms with van der Waals surface area (Å²) in [6, 6.07) is 0.477. The third-order valence-corrected chi connectivity index (χ3v) is 5.44. The lowest BCUT2D eigenvalue weighted by atomic mass is 9.83. The highest BCUT2D eigenvalue weighted by Gasteiger charge is 2.36. The Balaban J connectivity index is 1.82. The molecule has 128 valence electrons. The molecule has 0 spiro atoms. The van der Waals surface area contributed by atoms with E-state index in [0.717, 1.165) is 25.3 Å². The quantitative estimate of drug-likeness (QED) is 0.662. The summed E-state index contributed by atoms with van der Waals surface area (Å²) in [6.07, 6.45) is 8.33. The zero-order valence-corrected chi connectivity index (χ0v) is 13.8. The van der Waals surface area contributed by atoms with Crippen molar-refractivity contribution < 1.29 is 15.0 Å². The molecule has 0 bridgehead atoms. The number of aliphatic hydroxyl groups is 2. The van der Waals surface area contributed by atoms with Crippen LogP contribution in [0.2, 0.25) is 0 Å². The molecule has 1 saturated heterocycles. The average Bonchev–Trinajstić information content (AvgIpc) is 3.04. The van der Waals surface area contributed by atoms with Crippen molar-refractivity contribution in [3.05, 3.63) is 0 Å². The maximum atomic E-state index is 12.4. The summed E-state index contributed by atoms with van der Waals surface area (Å²) < 4.78 is 0. The summed E-state index contributed by atoms with van der Waals surface area (Å²) >= 11 is 0. The fraction of sp³-hybridized carbons (Fsp3) is 0.941. The molecule has 1 saturated carbocycles. The van der Waals surface area contributed by atoms with Crippen LogP contribution >= 0.6 is 0 Å². The first kappa shape index (κ1) is 17.7. The van der Waals surface area contributed by atoms with Gasteiger partial charge >= 0.3 is 0 Å². The molecule has 1 aliphatic heterocycles. The summed E-state index contributed by atoms with van der Waals surface area (Å²) in [6.45, 7) is 3.50. The van der Waals surface area contributed by atoms with Crippen LogP contribution in [0.4, 0.5) is 0 Å². The second-order valence-corrected chi connectivity index (χ2v) is 6.95. The fourth-order valence-electron chi connectivity index (χ4n) is 4.02. The number of hydrogen-bond donors (Lipinski definition) is 3. The lowest BCUT2D eigenvalue weighted by Gasteiger charge is -2.37. The largest absolute Gasteiger partial charge is 0.394 e. The highest BCUT2D eigenvalue weighted by Crippen LogP contribution is 2.32. The molecule has 1 amide bonds. The van der Waals surface area contributed by atoms with Crippen molar-refractivity contribution in [3.8, 4) is 0 Å². The SMILES string of the molecule is CC(C1CCCCC1)N1CCCC1C(=O)NCC[C@H](O)CO. The Hall–Kier alpha value is -0.650. The molecule has 0 aromatic heterocycles. The second-order valence-electron chi connectivity index (χ2n) is 6.95. The molecular weight excluding hydrogens is 280 g/mol. The van der Waals surface area contributed by atoms with Crippen molar-refractivity contribution in [1.29, 1.82) is 0 Å². The van der Waals surface area contributed by atoms with E-state index in [-0.39, 0.29) is 18.6 Å². The number of hydrogen-bond acceptors (Lipinski definition) is 4. The van der Waals surface area contributed by atoms with E-state index in [4.69, 9.17) is 5.11 Å². The predicted molar refractivity (Wildman–Crippen MR) is 86.5 cm³/mol. The number of nitrogens with zero attached hydrogens (tertiary/aromatic N) is 1. The minimum absolute atomic E-state index is 0.0109. The first-order valence-corrected chi connectivity index (χ1v) is 8.96. The van der Waals surface area contributed by atoms with E-state index in [2.05, 4.69) is 17.1 Å². The van der Waals surface area contributed by atoms with E-state index in [1.165, 1.54) is 32.1 Å². The highest BCUT2D eigenvalue weighted by molar-refractivity contribution is 5.82. The summed E-state index contributed by atoms with van der Waals surface area (Å²) in [5.74, 6) is 0.823. The minimum Gasteiger partial charge on any atom is -0.394 e. The Morgan fingerprint density at radius 3 is 2.64 bits per heavy atom. The second kappa shape index (κ2) is 8.85. The van der Waals surface area contributed by atoms with Gasteiger partial charge in [-0.05, 0) is 51.5 Å². The van der Waals surface area contributed by atoms with Crippen molar-refractivity contribution in [2.75, 3.05) is 19.7 Å². The van der Waals surface area contributed by atoms with Gasteiger partial charge < -0.3 is 15.5 Å². The van der Waals surface area contributed by atoms with E-state index >= 15 is 0 Å². The Kier molecular flexibility index (Phi) is 7.12. The normalized spacial score (nSPS) is 26.8. The number of likely N-dealkylation sites (tertiary alicyclic amines) is 1. The molecule has 5 nitrogen and oxygen atoms in total. The van der Waals surface area contributed by atoms with Gasteiger partial charge in [-0.2, -0.15) is 0 Å². The zero-order chi connectivity index (χ0) is 15.9. The molecule has 0 aromatic rings. The van der Waals surface area contributed by atoms with Gasteiger partial charge in [-0.15, -0.1) is 0 Å². The third kappa shape index (κ3) is 4.67. The molecule has 5 heteroatoms. The van der Waals surface area contributed by atoms with Gasteiger partial charge in [0.05, 0.1) is 18.8 Å². The minimum atomic E-state index is -0.735. The molecule has 2 unspecified atom stereocenters. The van der Waals surface area contributed by atoms with Gasteiger partial charge in [0.25, 0.3) is 0 Å². The Morgan fingerprint density at radius 2 is 1.95 bits per heavy atom. The lowest BCUT2D eigenvalue weighted by Crippen LogP contribution is -2.49. The first-order valence-electron chi connectivity index (χ1n) is 8.96. The van der Waals surface area contributed by atoms with Crippen molar-refractivity contribution in [2.45, 2.75) is 76.5 Å². The van der Waals surface area contributed by atoms with Crippen LogP contribution in [0.3, 0.4) is 0 Å². The molecule has 2 aliphatic rings. The van der Waals surface area contributed by atoms with Gasteiger partial charge in [-0.1, -0.05) is 19.3 Å². The van der Waals surface area contributed by atoms with E-state index in [1.807, 2.05) is 0 Å². The first-order chi connectivity index (χ1) is 10.6. The maximum absolute atomic E-state index is 12.4. The molecule has 1 heterocycles. The molecule has 2 rings (SSSR count). The van der Waals surface area contributed by atoms with E-state index in [9.17, 15) is 9.90 Å². The fourth-order valence-corrected chi connectivity index (χ4v) is 4.02. The topological polar surface area (TPSA) is 72.8 Å². The number of carbonyl (C=O) groups is 1. The Labute approximate surface area is 134 Å². The van der Waals surface area contributed by atoms with Gasteiger partial charge in [-0.25, -0.2) is 0 Å². The van der Waals surface area contributed by atoms with Gasteiger partial charge in [0.15, 0.2) is 0 Å². The molecule has 1 aliphatic carbocycles. The monoisotopic (exact) mass is 312 g/mol. The van der Waals surface area contributed by atoms with Gasteiger partial charge in [-0.3, -0.25) is 9.69 Å². The van der Waals surface area contributed by atoms with Crippen LogP contribution in [-0.2, 0) is 4.79 Å². The lowest BCUT2D eigenvalue weighted by molar-refractivity contribution is -0.126. The van der Waals surface area contributed by atoms with Crippen molar-refractivity contribution in [2.24, 2.45) is 5.92 Å². The number of nitrogens with one attached hydrogen (secondary N) is 1. The van der Waals surface area contributed by atoms with Gasteiger partial charge in [0.1, 0.15) is 0 Å². The zero-order valence-electron chi connectivity index (χ0n) is 13.8. The third-order valence-electron chi connectivity index (χ3n) is 5.44. The molecule has 0 radical (unpaired) electrons. The summed E-state index contributed by atoms with van der Waals surface area (Å²) in [5.41, 5.74) is 0. The van der Waals surface area contributed by atoms with Crippen LogP contribution in [0.15, 0.2) is 0 Å². The van der Waals surface area contributed by atoms with Gasteiger partial charge in [0.2, 0.25) is 5.91 Å². The molecule has 3 atom stereocenters. The average molecular weight is 312 g/mol. The van der Waals surface area contributed by atoms with Crippen LogP contribution in [0, 0.1) is 5.92 Å². The van der Waals surface area contributed by atoms with Gasteiger partial charge in [0, 0.05) is 12.6 Å². The molecule has 3 N–H and O–H groups in total. The number of rotatable bonds is 7. The predicted octanol–water partition coefficient (Wildman–Crippen LogP) is 1.28.